The summed E-state index contributed by atoms with van der Waals surface area (Å²) in [5, 5.41) is 4.24. The highest BCUT2D eigenvalue weighted by atomic mass is 19.1. The van der Waals surface area contributed by atoms with Crippen LogP contribution in [0.3, 0.4) is 0 Å². The minimum atomic E-state index is -0.472. The molecule has 2 aliphatic rings. The highest BCUT2D eigenvalue weighted by Gasteiger charge is 2.44. The number of pyridine rings is 1. The molecule has 144 valence electrons. The van der Waals surface area contributed by atoms with Crippen molar-refractivity contribution >= 4 is 5.91 Å². The van der Waals surface area contributed by atoms with Gasteiger partial charge in [0.1, 0.15) is 11.4 Å². The fourth-order valence-electron chi connectivity index (χ4n) is 3.76. The third-order valence-corrected chi connectivity index (χ3v) is 5.11. The molecule has 0 aliphatic carbocycles. The number of aromatic nitrogens is 3. The monoisotopic (exact) mass is 374 g/mol. The number of ether oxygens (including phenoxy) is 2. The van der Waals surface area contributed by atoms with Crippen LogP contribution in [0, 0.1) is 5.82 Å². The molecule has 1 spiro atoms. The van der Waals surface area contributed by atoms with E-state index in [9.17, 15) is 9.18 Å². The van der Waals surface area contributed by atoms with Crippen LogP contribution in [-0.2, 0) is 27.2 Å². The van der Waals surface area contributed by atoms with Crippen molar-refractivity contribution in [3.8, 4) is 0 Å². The molecule has 2 aromatic heterocycles. The first-order chi connectivity index (χ1) is 13.1. The van der Waals surface area contributed by atoms with Crippen molar-refractivity contribution in [3.05, 3.63) is 48.3 Å². The summed E-state index contributed by atoms with van der Waals surface area (Å²) in [4.78, 5) is 18.5. The molecule has 0 bridgehead atoms. The van der Waals surface area contributed by atoms with Crippen LogP contribution in [-0.4, -0.2) is 63.6 Å². The normalized spacial score (nSPS) is 25.7. The van der Waals surface area contributed by atoms with Crippen molar-refractivity contribution in [2.75, 3.05) is 26.3 Å². The minimum absolute atomic E-state index is 0.0434. The van der Waals surface area contributed by atoms with Crippen LogP contribution in [0.1, 0.15) is 18.5 Å². The molecule has 0 saturated carbocycles. The third kappa shape index (κ3) is 4.33. The highest BCUT2D eigenvalue weighted by molar-refractivity contribution is 5.78. The summed E-state index contributed by atoms with van der Waals surface area (Å²) in [5.74, 6) is -0.450. The minimum Gasteiger partial charge on any atom is -0.377 e. The van der Waals surface area contributed by atoms with E-state index in [-0.39, 0.29) is 18.4 Å². The summed E-state index contributed by atoms with van der Waals surface area (Å²) < 4.78 is 27.0. The van der Waals surface area contributed by atoms with Gasteiger partial charge in [-0.3, -0.25) is 14.5 Å². The Labute approximate surface area is 157 Å². The van der Waals surface area contributed by atoms with Crippen LogP contribution in [0.5, 0.6) is 0 Å². The molecule has 2 fully saturated rings. The molecule has 2 atom stereocenters. The smallest absolute Gasteiger partial charge is 0.228 e. The van der Waals surface area contributed by atoms with Crippen molar-refractivity contribution in [3.63, 3.8) is 0 Å². The average Bonchev–Trinajstić information content (AvgIpc) is 3.25. The van der Waals surface area contributed by atoms with Crippen molar-refractivity contribution in [1.82, 2.24) is 19.7 Å². The van der Waals surface area contributed by atoms with Gasteiger partial charge >= 0.3 is 0 Å². The van der Waals surface area contributed by atoms with Crippen molar-refractivity contribution in [1.29, 1.82) is 0 Å². The predicted octanol–water partition coefficient (Wildman–Crippen LogP) is 1.44. The predicted molar refractivity (Wildman–Crippen MR) is 94.4 cm³/mol. The molecular weight excluding hydrogens is 351 g/mol. The number of amides is 1. The molecule has 0 radical (unpaired) electrons. The Hall–Kier alpha value is -2.32. The summed E-state index contributed by atoms with van der Waals surface area (Å²) in [6.07, 6.45) is 6.76. The molecule has 2 saturated heterocycles. The van der Waals surface area contributed by atoms with Crippen LogP contribution >= 0.6 is 0 Å². The number of halogens is 1. The van der Waals surface area contributed by atoms with E-state index in [0.29, 0.717) is 38.5 Å². The van der Waals surface area contributed by atoms with Gasteiger partial charge in [0.15, 0.2) is 0 Å². The summed E-state index contributed by atoms with van der Waals surface area (Å²) >= 11 is 0. The highest BCUT2D eigenvalue weighted by Crippen LogP contribution is 2.33. The van der Waals surface area contributed by atoms with Crippen LogP contribution in [0.4, 0.5) is 4.39 Å². The maximum atomic E-state index is 13.0. The Morgan fingerprint density at radius 2 is 2.33 bits per heavy atom. The summed E-state index contributed by atoms with van der Waals surface area (Å²) in [7, 11) is 0. The molecule has 0 N–H and O–H groups in total. The van der Waals surface area contributed by atoms with E-state index >= 15 is 0 Å². The Bertz CT molecular complexity index is 768. The first-order valence-corrected chi connectivity index (χ1v) is 9.23. The molecule has 7 nitrogen and oxygen atoms in total. The van der Waals surface area contributed by atoms with E-state index in [4.69, 9.17) is 9.47 Å². The van der Waals surface area contributed by atoms with Crippen molar-refractivity contribution in [2.24, 2.45) is 0 Å². The number of hydrogen-bond acceptors (Lipinski definition) is 5. The molecule has 4 rings (SSSR count). The zero-order valence-corrected chi connectivity index (χ0v) is 15.1. The number of nitrogens with zero attached hydrogens (tertiary/aromatic N) is 4. The Morgan fingerprint density at radius 3 is 3.11 bits per heavy atom. The van der Waals surface area contributed by atoms with Gasteiger partial charge in [-0.05, 0) is 31.0 Å². The summed E-state index contributed by atoms with van der Waals surface area (Å²) in [6, 6.07) is 4.76. The second-order valence-electron chi connectivity index (χ2n) is 7.20. The number of rotatable bonds is 4. The zero-order valence-electron chi connectivity index (χ0n) is 15.1. The van der Waals surface area contributed by atoms with Crippen LogP contribution in [0.2, 0.25) is 0 Å². The van der Waals surface area contributed by atoms with E-state index < -0.39 is 11.4 Å². The zero-order chi connectivity index (χ0) is 18.7. The van der Waals surface area contributed by atoms with Gasteiger partial charge in [-0.15, -0.1) is 0 Å². The summed E-state index contributed by atoms with van der Waals surface area (Å²) in [5.41, 5.74) is 0.0877. The van der Waals surface area contributed by atoms with Gasteiger partial charge in [0.25, 0.3) is 0 Å². The van der Waals surface area contributed by atoms with Crippen LogP contribution in [0.25, 0.3) is 0 Å². The molecule has 2 aliphatic heterocycles. The molecule has 1 amide bonds. The lowest BCUT2D eigenvalue weighted by Crippen LogP contribution is -2.47. The molecule has 4 heterocycles. The Balaban J connectivity index is 1.39. The maximum Gasteiger partial charge on any atom is 0.228 e. The van der Waals surface area contributed by atoms with E-state index in [1.54, 1.807) is 17.2 Å². The lowest BCUT2D eigenvalue weighted by molar-refractivity contribution is -0.135. The summed E-state index contributed by atoms with van der Waals surface area (Å²) in [6.45, 7) is 2.69. The maximum absolute atomic E-state index is 13.0. The number of carbonyl (C=O) groups excluding carboxylic acids is 1. The van der Waals surface area contributed by atoms with Crippen molar-refractivity contribution in [2.45, 2.75) is 37.5 Å². The van der Waals surface area contributed by atoms with Crippen molar-refractivity contribution < 1.29 is 18.7 Å². The Morgan fingerprint density at radius 1 is 1.41 bits per heavy atom. The van der Waals surface area contributed by atoms with Gasteiger partial charge in [0.05, 0.1) is 45.0 Å². The average molecular weight is 374 g/mol. The lowest BCUT2D eigenvalue weighted by atomic mass is 10.00. The van der Waals surface area contributed by atoms with E-state index in [1.165, 1.54) is 6.07 Å². The SMILES string of the molecule is O=C(Cc1ccc(F)cn1)N1CCOC[C@]2(CCC(Cn3cccn3)O2)C1. The van der Waals surface area contributed by atoms with Gasteiger partial charge in [-0.2, -0.15) is 5.10 Å². The third-order valence-electron chi connectivity index (χ3n) is 5.11. The van der Waals surface area contributed by atoms with Gasteiger partial charge in [0, 0.05) is 24.6 Å². The van der Waals surface area contributed by atoms with E-state index in [1.807, 2.05) is 16.9 Å². The number of hydrogen-bond donors (Lipinski definition) is 0. The molecule has 8 heteroatoms. The molecule has 2 aromatic rings. The quantitative estimate of drug-likeness (QED) is 0.810. The first-order valence-electron chi connectivity index (χ1n) is 9.23. The molecule has 1 unspecified atom stereocenters. The lowest BCUT2D eigenvalue weighted by Gasteiger charge is -2.32. The number of carbonyl (C=O) groups is 1. The fourth-order valence-corrected chi connectivity index (χ4v) is 3.76. The van der Waals surface area contributed by atoms with E-state index in [2.05, 4.69) is 10.1 Å². The molecular formula is C19H23FN4O3. The molecule has 0 aromatic carbocycles. The Kier molecular flexibility index (Phi) is 5.18. The second kappa shape index (κ2) is 7.74. The standard InChI is InChI=1S/C19H23FN4O3/c20-15-2-3-16(21-11-15)10-18(25)23-8-9-26-14-19(13-23)5-4-17(27-19)12-24-7-1-6-22-24/h1-3,6-7,11,17H,4-5,8-10,12-14H2/t17?,19-/m0/s1. The van der Waals surface area contributed by atoms with Crippen LogP contribution in [0.15, 0.2) is 36.8 Å². The van der Waals surface area contributed by atoms with Gasteiger partial charge in [-0.25, -0.2) is 4.39 Å². The van der Waals surface area contributed by atoms with E-state index in [0.717, 1.165) is 19.0 Å². The largest absolute Gasteiger partial charge is 0.377 e. The second-order valence-corrected chi connectivity index (χ2v) is 7.20. The van der Waals surface area contributed by atoms with Gasteiger partial charge in [-0.1, -0.05) is 0 Å². The topological polar surface area (TPSA) is 69.5 Å². The first kappa shape index (κ1) is 18.1. The fraction of sp³-hybridized carbons (Fsp3) is 0.526. The van der Waals surface area contributed by atoms with Crippen LogP contribution < -0.4 is 0 Å². The van der Waals surface area contributed by atoms with Gasteiger partial charge < -0.3 is 14.4 Å². The molecule has 27 heavy (non-hydrogen) atoms. The van der Waals surface area contributed by atoms with Gasteiger partial charge in [0.2, 0.25) is 5.91 Å².